The molecule has 0 unspecified atom stereocenters. The average molecular weight is 203 g/mol. The summed E-state index contributed by atoms with van der Waals surface area (Å²) in [5, 5.41) is 0.425. The summed E-state index contributed by atoms with van der Waals surface area (Å²) >= 11 is 5.73. The minimum atomic E-state index is -0.413. The van der Waals surface area contributed by atoms with Crippen LogP contribution in [0, 0.1) is 12.7 Å². The number of hydrogen-bond acceptors (Lipinski definition) is 1. The Bertz CT molecular complexity index is 310. The third-order valence-corrected chi connectivity index (χ3v) is 1.98. The molecule has 0 aliphatic carbocycles. The lowest BCUT2D eigenvalue weighted by molar-refractivity contribution is 0.231. The first kappa shape index (κ1) is 10.3. The predicted molar refractivity (Wildman–Crippen MR) is 51.9 cm³/mol. The summed E-state index contributed by atoms with van der Waals surface area (Å²) in [6, 6.07) is 2.88. The molecule has 0 heterocycles. The fourth-order valence-electron chi connectivity index (χ4n) is 0.975. The summed E-state index contributed by atoms with van der Waals surface area (Å²) in [5.74, 6) is -0.152. The van der Waals surface area contributed by atoms with Crippen LogP contribution >= 0.6 is 11.6 Å². The zero-order valence-corrected chi connectivity index (χ0v) is 8.65. The van der Waals surface area contributed by atoms with Crippen molar-refractivity contribution in [3.63, 3.8) is 0 Å². The zero-order valence-electron chi connectivity index (χ0n) is 7.90. The van der Waals surface area contributed by atoms with Gasteiger partial charge in [0.1, 0.15) is 0 Å². The molecule has 1 nitrogen and oxygen atoms in total. The second kappa shape index (κ2) is 3.97. The van der Waals surface area contributed by atoms with Gasteiger partial charge in [-0.1, -0.05) is 11.6 Å². The van der Waals surface area contributed by atoms with Gasteiger partial charge in [-0.3, -0.25) is 0 Å². The van der Waals surface area contributed by atoms with E-state index in [4.69, 9.17) is 16.3 Å². The van der Waals surface area contributed by atoms with E-state index in [1.807, 2.05) is 20.8 Å². The number of aryl methyl sites for hydroxylation is 1. The number of benzene rings is 1. The summed E-state index contributed by atoms with van der Waals surface area (Å²) in [4.78, 5) is 0. The van der Waals surface area contributed by atoms with E-state index in [9.17, 15) is 4.39 Å². The lowest BCUT2D eigenvalue weighted by Crippen LogP contribution is -2.07. The molecule has 0 spiro atoms. The second-order valence-corrected chi connectivity index (χ2v) is 3.61. The van der Waals surface area contributed by atoms with Crippen LogP contribution < -0.4 is 4.74 Å². The maximum absolute atomic E-state index is 13.2. The van der Waals surface area contributed by atoms with Crippen LogP contribution in [0.3, 0.4) is 0 Å². The highest BCUT2D eigenvalue weighted by Gasteiger charge is 2.08. The SMILES string of the molecule is Cc1cc(OC(C)C)c(F)cc1Cl. The van der Waals surface area contributed by atoms with Gasteiger partial charge in [-0.25, -0.2) is 4.39 Å². The van der Waals surface area contributed by atoms with Gasteiger partial charge in [-0.05, 0) is 38.5 Å². The van der Waals surface area contributed by atoms with E-state index >= 15 is 0 Å². The monoisotopic (exact) mass is 202 g/mol. The van der Waals surface area contributed by atoms with Gasteiger partial charge in [-0.15, -0.1) is 0 Å². The van der Waals surface area contributed by atoms with E-state index in [0.29, 0.717) is 5.02 Å². The van der Waals surface area contributed by atoms with E-state index in [0.717, 1.165) is 5.56 Å². The molecular formula is C10H12ClFO. The Kier molecular flexibility index (Phi) is 3.15. The van der Waals surface area contributed by atoms with Crippen molar-refractivity contribution in [1.82, 2.24) is 0 Å². The van der Waals surface area contributed by atoms with Crippen LogP contribution in [0.2, 0.25) is 5.02 Å². The number of rotatable bonds is 2. The van der Waals surface area contributed by atoms with E-state index in [-0.39, 0.29) is 11.9 Å². The van der Waals surface area contributed by atoms with Crippen LogP contribution in [0.5, 0.6) is 5.75 Å². The van der Waals surface area contributed by atoms with Gasteiger partial charge in [0.25, 0.3) is 0 Å². The molecule has 0 fully saturated rings. The summed E-state index contributed by atoms with van der Waals surface area (Å²) in [6.45, 7) is 5.52. The molecule has 0 radical (unpaired) electrons. The molecule has 3 heteroatoms. The van der Waals surface area contributed by atoms with Crippen LogP contribution in [-0.2, 0) is 0 Å². The van der Waals surface area contributed by atoms with Crippen LogP contribution in [0.25, 0.3) is 0 Å². The van der Waals surface area contributed by atoms with Crippen molar-refractivity contribution in [2.75, 3.05) is 0 Å². The Morgan fingerprint density at radius 1 is 1.38 bits per heavy atom. The lowest BCUT2D eigenvalue weighted by atomic mass is 10.2. The van der Waals surface area contributed by atoms with Crippen LogP contribution in [0.1, 0.15) is 19.4 Å². The molecule has 1 aromatic carbocycles. The highest BCUT2D eigenvalue weighted by molar-refractivity contribution is 6.31. The van der Waals surface area contributed by atoms with Gasteiger partial charge >= 0.3 is 0 Å². The predicted octanol–water partition coefficient (Wildman–Crippen LogP) is 3.57. The van der Waals surface area contributed by atoms with E-state index in [2.05, 4.69) is 0 Å². The van der Waals surface area contributed by atoms with Crippen LogP contribution in [-0.4, -0.2) is 6.10 Å². The minimum absolute atomic E-state index is 0.0323. The van der Waals surface area contributed by atoms with Gasteiger partial charge in [0.05, 0.1) is 6.10 Å². The standard InChI is InChI=1S/C10H12ClFO/c1-6(2)13-10-4-7(3)8(11)5-9(10)12/h4-6H,1-3H3. The first-order chi connectivity index (χ1) is 6.00. The largest absolute Gasteiger partial charge is 0.488 e. The molecule has 0 bridgehead atoms. The maximum Gasteiger partial charge on any atom is 0.166 e. The van der Waals surface area contributed by atoms with Gasteiger partial charge in [0.2, 0.25) is 0 Å². The molecule has 72 valence electrons. The maximum atomic E-state index is 13.2. The first-order valence-corrected chi connectivity index (χ1v) is 4.51. The Morgan fingerprint density at radius 3 is 2.54 bits per heavy atom. The molecule has 0 aliphatic rings. The quantitative estimate of drug-likeness (QED) is 0.713. The van der Waals surface area contributed by atoms with Crippen molar-refractivity contribution in [3.05, 3.63) is 28.5 Å². The summed E-state index contributed by atoms with van der Waals surface area (Å²) < 4.78 is 18.4. The van der Waals surface area contributed by atoms with E-state index in [1.165, 1.54) is 6.07 Å². The molecule has 0 aromatic heterocycles. The Hall–Kier alpha value is -0.760. The average Bonchev–Trinajstić information content (AvgIpc) is 1.99. The number of halogens is 2. The summed E-state index contributed by atoms with van der Waals surface area (Å²) in [5.41, 5.74) is 0.818. The normalized spacial score (nSPS) is 10.6. The fraction of sp³-hybridized carbons (Fsp3) is 0.400. The summed E-state index contributed by atoms with van der Waals surface area (Å²) in [7, 11) is 0. The van der Waals surface area contributed by atoms with Crippen molar-refractivity contribution in [1.29, 1.82) is 0 Å². The van der Waals surface area contributed by atoms with Crippen molar-refractivity contribution >= 4 is 11.6 Å². The molecule has 0 atom stereocenters. The van der Waals surface area contributed by atoms with Crippen LogP contribution in [0.15, 0.2) is 12.1 Å². The Labute approximate surface area is 82.5 Å². The molecule has 0 aliphatic heterocycles. The third kappa shape index (κ3) is 2.59. The first-order valence-electron chi connectivity index (χ1n) is 4.13. The molecule has 1 aromatic rings. The molecule has 0 amide bonds. The second-order valence-electron chi connectivity index (χ2n) is 3.20. The van der Waals surface area contributed by atoms with Crippen molar-refractivity contribution in [3.8, 4) is 5.75 Å². The molecule has 1 rings (SSSR count). The van der Waals surface area contributed by atoms with Gasteiger partial charge in [0, 0.05) is 5.02 Å². The van der Waals surface area contributed by atoms with Gasteiger partial charge in [-0.2, -0.15) is 0 Å². The molecule has 13 heavy (non-hydrogen) atoms. The Balaban J connectivity index is 3.01. The van der Waals surface area contributed by atoms with Gasteiger partial charge < -0.3 is 4.74 Å². The highest BCUT2D eigenvalue weighted by Crippen LogP contribution is 2.25. The van der Waals surface area contributed by atoms with Crippen molar-refractivity contribution < 1.29 is 9.13 Å². The molecular weight excluding hydrogens is 191 g/mol. The van der Waals surface area contributed by atoms with Crippen molar-refractivity contribution in [2.24, 2.45) is 0 Å². The molecule has 0 saturated carbocycles. The molecule has 0 saturated heterocycles. The van der Waals surface area contributed by atoms with E-state index in [1.54, 1.807) is 6.07 Å². The smallest absolute Gasteiger partial charge is 0.166 e. The lowest BCUT2D eigenvalue weighted by Gasteiger charge is -2.11. The van der Waals surface area contributed by atoms with Crippen LogP contribution in [0.4, 0.5) is 4.39 Å². The Morgan fingerprint density at radius 2 is 2.00 bits per heavy atom. The zero-order chi connectivity index (χ0) is 10.0. The summed E-state index contributed by atoms with van der Waals surface area (Å²) in [6.07, 6.45) is -0.0323. The molecule has 0 N–H and O–H groups in total. The third-order valence-electron chi connectivity index (χ3n) is 1.58. The number of ether oxygens (including phenoxy) is 1. The number of hydrogen-bond donors (Lipinski definition) is 0. The van der Waals surface area contributed by atoms with E-state index < -0.39 is 5.82 Å². The van der Waals surface area contributed by atoms with Crippen molar-refractivity contribution in [2.45, 2.75) is 26.9 Å². The minimum Gasteiger partial charge on any atom is -0.488 e. The topological polar surface area (TPSA) is 9.23 Å². The highest BCUT2D eigenvalue weighted by atomic mass is 35.5. The van der Waals surface area contributed by atoms with Gasteiger partial charge in [0.15, 0.2) is 11.6 Å². The fourth-order valence-corrected chi connectivity index (χ4v) is 1.13.